The summed E-state index contributed by atoms with van der Waals surface area (Å²) in [5, 5.41) is 7.37. The highest BCUT2D eigenvalue weighted by molar-refractivity contribution is 7.89. The first-order chi connectivity index (χ1) is 8.62. The summed E-state index contributed by atoms with van der Waals surface area (Å²) in [5.41, 5.74) is 3.97. The van der Waals surface area contributed by atoms with E-state index in [2.05, 4.69) is 4.72 Å². The van der Waals surface area contributed by atoms with Crippen molar-refractivity contribution in [2.45, 2.75) is 30.7 Å². The second-order valence-corrected chi connectivity index (χ2v) is 5.93. The van der Waals surface area contributed by atoms with Gasteiger partial charge in [0.2, 0.25) is 10.0 Å². The lowest BCUT2D eigenvalue weighted by Gasteiger charge is -2.27. The van der Waals surface area contributed by atoms with Crippen LogP contribution in [-0.4, -0.2) is 19.8 Å². The van der Waals surface area contributed by atoms with Crippen molar-refractivity contribution in [2.75, 3.05) is 0 Å². The Balaban J connectivity index is 3.26. The largest absolute Gasteiger partial charge is 0.386 e. The van der Waals surface area contributed by atoms with Crippen molar-refractivity contribution in [3.63, 3.8) is 0 Å². The third-order valence-corrected chi connectivity index (χ3v) is 4.46. The minimum absolute atomic E-state index is 0.193. The van der Waals surface area contributed by atoms with Crippen LogP contribution < -0.4 is 10.5 Å². The number of nitrogens with two attached hydrogens (primary N) is 1. The van der Waals surface area contributed by atoms with Gasteiger partial charge < -0.3 is 5.73 Å². The molecule has 1 aromatic carbocycles. The Hall–Kier alpha value is -1.54. The van der Waals surface area contributed by atoms with Crippen LogP contribution in [0.1, 0.15) is 20.3 Å². The van der Waals surface area contributed by atoms with E-state index in [-0.39, 0.29) is 6.42 Å². The average Bonchev–Trinajstić information content (AvgIpc) is 2.31. The lowest BCUT2D eigenvalue weighted by molar-refractivity contribution is 0.496. The minimum Gasteiger partial charge on any atom is -0.386 e. The fourth-order valence-corrected chi connectivity index (χ4v) is 2.90. The molecule has 4 N–H and O–H groups in total. The highest BCUT2D eigenvalue weighted by atomic mass is 32.2. The van der Waals surface area contributed by atoms with E-state index < -0.39 is 37.9 Å². The highest BCUT2D eigenvalue weighted by Gasteiger charge is 2.33. The zero-order chi connectivity index (χ0) is 14.8. The molecule has 1 unspecified atom stereocenters. The van der Waals surface area contributed by atoms with Crippen molar-refractivity contribution in [1.82, 2.24) is 4.72 Å². The van der Waals surface area contributed by atoms with Crippen LogP contribution >= 0.6 is 0 Å². The molecule has 8 heteroatoms. The van der Waals surface area contributed by atoms with Crippen LogP contribution in [0.4, 0.5) is 8.78 Å². The molecule has 19 heavy (non-hydrogen) atoms. The number of rotatable bonds is 5. The van der Waals surface area contributed by atoms with Crippen LogP contribution in [0.25, 0.3) is 0 Å². The van der Waals surface area contributed by atoms with Crippen LogP contribution in [0.15, 0.2) is 23.1 Å². The molecule has 0 radical (unpaired) electrons. The van der Waals surface area contributed by atoms with E-state index in [9.17, 15) is 17.2 Å². The Morgan fingerprint density at radius 2 is 2.05 bits per heavy atom. The minimum atomic E-state index is -4.31. The summed E-state index contributed by atoms with van der Waals surface area (Å²) in [6, 6.07) is 2.12. The molecule has 0 aliphatic rings. The van der Waals surface area contributed by atoms with Crippen LogP contribution in [-0.2, 0) is 10.0 Å². The zero-order valence-electron chi connectivity index (χ0n) is 10.5. The number of hydrogen-bond donors (Lipinski definition) is 3. The normalized spacial score (nSPS) is 14.9. The van der Waals surface area contributed by atoms with Gasteiger partial charge in [-0.1, -0.05) is 6.92 Å². The SMILES string of the molecule is CCC(C)(NS(=O)(=O)c1cc(F)ccc1F)C(=N)N. The van der Waals surface area contributed by atoms with E-state index in [0.717, 1.165) is 12.1 Å². The predicted molar refractivity (Wildman–Crippen MR) is 67.3 cm³/mol. The van der Waals surface area contributed by atoms with Gasteiger partial charge in [0.25, 0.3) is 0 Å². The van der Waals surface area contributed by atoms with Crippen LogP contribution in [0, 0.1) is 17.0 Å². The van der Waals surface area contributed by atoms with E-state index in [1.807, 2.05) is 0 Å². The number of benzene rings is 1. The third-order valence-electron chi connectivity index (χ3n) is 2.84. The molecule has 0 spiro atoms. The second-order valence-electron chi connectivity index (χ2n) is 4.28. The van der Waals surface area contributed by atoms with Gasteiger partial charge in [-0.3, -0.25) is 5.41 Å². The van der Waals surface area contributed by atoms with E-state index >= 15 is 0 Å². The molecule has 0 heterocycles. The van der Waals surface area contributed by atoms with E-state index in [0.29, 0.717) is 6.07 Å². The molecule has 1 atom stereocenters. The molecule has 1 rings (SSSR count). The van der Waals surface area contributed by atoms with Crippen molar-refractivity contribution in [3.05, 3.63) is 29.8 Å². The van der Waals surface area contributed by atoms with Gasteiger partial charge in [-0.05, 0) is 31.5 Å². The van der Waals surface area contributed by atoms with Crippen molar-refractivity contribution in [2.24, 2.45) is 5.73 Å². The van der Waals surface area contributed by atoms with Crippen LogP contribution in [0.3, 0.4) is 0 Å². The fraction of sp³-hybridized carbons (Fsp3) is 0.364. The summed E-state index contributed by atoms with van der Waals surface area (Å²) in [4.78, 5) is -0.812. The quantitative estimate of drug-likeness (QED) is 0.564. The smallest absolute Gasteiger partial charge is 0.244 e. The standard InChI is InChI=1S/C11H15F2N3O2S/c1-3-11(2,10(14)15)16-19(17,18)9-6-7(12)4-5-8(9)13/h4-6,16H,3H2,1-2H3,(H3,14,15). The van der Waals surface area contributed by atoms with E-state index in [1.165, 1.54) is 6.92 Å². The van der Waals surface area contributed by atoms with Gasteiger partial charge in [0.05, 0.1) is 5.54 Å². The molecule has 0 amide bonds. The van der Waals surface area contributed by atoms with Crippen molar-refractivity contribution < 1.29 is 17.2 Å². The third kappa shape index (κ3) is 3.27. The summed E-state index contributed by atoms with van der Waals surface area (Å²) in [5.74, 6) is -2.35. The summed E-state index contributed by atoms with van der Waals surface area (Å²) in [6.45, 7) is 3.01. The average molecular weight is 291 g/mol. The molecule has 0 saturated carbocycles. The van der Waals surface area contributed by atoms with Crippen LogP contribution in [0.5, 0.6) is 0 Å². The Kier molecular flexibility index (Phi) is 4.26. The monoisotopic (exact) mass is 291 g/mol. The number of sulfonamides is 1. The maximum atomic E-state index is 13.5. The summed E-state index contributed by atoms with van der Waals surface area (Å²) < 4.78 is 52.6. The first kappa shape index (κ1) is 15.5. The Morgan fingerprint density at radius 3 is 2.53 bits per heavy atom. The lowest BCUT2D eigenvalue weighted by atomic mass is 10.00. The fourth-order valence-electron chi connectivity index (χ4n) is 1.35. The van der Waals surface area contributed by atoms with Crippen molar-refractivity contribution in [1.29, 1.82) is 5.41 Å². The Bertz CT molecular complexity index is 604. The summed E-state index contributed by atoms with van der Waals surface area (Å²) in [7, 11) is -4.31. The van der Waals surface area contributed by atoms with E-state index in [4.69, 9.17) is 11.1 Å². The molecule has 0 aliphatic carbocycles. The number of halogens is 2. The van der Waals surface area contributed by atoms with Gasteiger partial charge in [-0.25, -0.2) is 17.2 Å². The molecule has 0 aliphatic heterocycles. The maximum Gasteiger partial charge on any atom is 0.244 e. The number of hydrogen-bond acceptors (Lipinski definition) is 3. The Labute approximate surface area is 110 Å². The predicted octanol–water partition coefficient (Wildman–Crippen LogP) is 1.35. The molecule has 5 nitrogen and oxygen atoms in total. The second kappa shape index (κ2) is 5.22. The first-order valence-corrected chi connectivity index (χ1v) is 6.94. The topological polar surface area (TPSA) is 96.0 Å². The van der Waals surface area contributed by atoms with Crippen molar-refractivity contribution in [3.8, 4) is 0 Å². The molecule has 0 fully saturated rings. The van der Waals surface area contributed by atoms with E-state index in [1.54, 1.807) is 6.92 Å². The summed E-state index contributed by atoms with van der Waals surface area (Å²) >= 11 is 0. The maximum absolute atomic E-state index is 13.5. The number of nitrogens with one attached hydrogen (secondary N) is 2. The Morgan fingerprint density at radius 1 is 1.47 bits per heavy atom. The molecule has 0 aromatic heterocycles. The van der Waals surface area contributed by atoms with Crippen LogP contribution in [0.2, 0.25) is 0 Å². The molecule has 0 saturated heterocycles. The van der Waals surface area contributed by atoms with Gasteiger partial charge in [0.15, 0.2) is 0 Å². The number of amidine groups is 1. The first-order valence-electron chi connectivity index (χ1n) is 5.46. The van der Waals surface area contributed by atoms with Gasteiger partial charge in [0.1, 0.15) is 22.4 Å². The highest BCUT2D eigenvalue weighted by Crippen LogP contribution is 2.19. The molecular weight excluding hydrogens is 276 g/mol. The molecule has 1 aromatic rings. The molecule has 0 bridgehead atoms. The van der Waals surface area contributed by atoms with Gasteiger partial charge >= 0.3 is 0 Å². The van der Waals surface area contributed by atoms with Gasteiger partial charge in [-0.15, -0.1) is 0 Å². The molecule has 106 valence electrons. The lowest BCUT2D eigenvalue weighted by Crippen LogP contribution is -2.54. The van der Waals surface area contributed by atoms with Gasteiger partial charge in [0, 0.05) is 0 Å². The molecular formula is C11H15F2N3O2S. The summed E-state index contributed by atoms with van der Waals surface area (Å²) in [6.07, 6.45) is 0.193. The van der Waals surface area contributed by atoms with Crippen molar-refractivity contribution >= 4 is 15.9 Å². The zero-order valence-corrected chi connectivity index (χ0v) is 11.3. The van der Waals surface area contributed by atoms with Gasteiger partial charge in [-0.2, -0.15) is 4.72 Å².